The van der Waals surface area contributed by atoms with Crippen LogP contribution in [0.25, 0.3) is 0 Å². The zero-order valence-electron chi connectivity index (χ0n) is 12.1. The second kappa shape index (κ2) is 6.56. The van der Waals surface area contributed by atoms with Gasteiger partial charge in [-0.1, -0.05) is 24.4 Å². The first-order valence-corrected chi connectivity index (χ1v) is 9.19. The van der Waals surface area contributed by atoms with E-state index in [9.17, 15) is 0 Å². The molecule has 0 atom stereocenters. The van der Waals surface area contributed by atoms with Gasteiger partial charge in [-0.15, -0.1) is 23.2 Å². The predicted molar refractivity (Wildman–Crippen MR) is 90.2 cm³/mol. The lowest BCUT2D eigenvalue weighted by Crippen LogP contribution is -2.35. The molecule has 1 nitrogen and oxygen atoms in total. The molecule has 0 spiro atoms. The van der Waals surface area contributed by atoms with Crippen molar-refractivity contribution in [2.75, 3.05) is 18.4 Å². The number of fused-ring (bicyclic) bond motifs is 1. The van der Waals surface area contributed by atoms with E-state index in [1.165, 1.54) is 36.8 Å². The van der Waals surface area contributed by atoms with E-state index in [0.717, 1.165) is 30.2 Å². The Balaban J connectivity index is 1.93. The Morgan fingerprint density at radius 2 is 1.86 bits per heavy atom. The fourth-order valence-corrected chi connectivity index (χ4v) is 5.06. The molecule has 1 aromatic rings. The minimum absolute atomic E-state index is 0.0377. The summed E-state index contributed by atoms with van der Waals surface area (Å²) in [5.41, 5.74) is 2.37. The quantitative estimate of drug-likeness (QED) is 0.642. The van der Waals surface area contributed by atoms with Gasteiger partial charge in [0, 0.05) is 28.6 Å². The van der Waals surface area contributed by atoms with Gasteiger partial charge < -0.3 is 4.74 Å². The third-order valence-electron chi connectivity index (χ3n) is 5.12. The largest absolute Gasteiger partial charge is 0.493 e. The number of hydrogen-bond donors (Lipinski definition) is 0. The second-order valence-corrected chi connectivity index (χ2v) is 7.41. The van der Waals surface area contributed by atoms with E-state index >= 15 is 0 Å². The van der Waals surface area contributed by atoms with Crippen molar-refractivity contribution in [3.05, 3.63) is 28.3 Å². The number of rotatable bonds is 5. The lowest BCUT2D eigenvalue weighted by molar-refractivity contribution is 0.222. The minimum Gasteiger partial charge on any atom is -0.493 e. The van der Waals surface area contributed by atoms with Gasteiger partial charge in [0.05, 0.1) is 6.61 Å². The molecule has 1 saturated carbocycles. The molecule has 0 saturated heterocycles. The molecule has 1 aromatic carbocycles. The SMILES string of the molecule is ClCC(CCl)(Cc1cc(Cl)cc2c1OCC2)C1CCCC1. The topological polar surface area (TPSA) is 9.23 Å². The smallest absolute Gasteiger partial charge is 0.125 e. The summed E-state index contributed by atoms with van der Waals surface area (Å²) in [7, 11) is 0. The van der Waals surface area contributed by atoms with Crippen molar-refractivity contribution in [2.45, 2.75) is 38.5 Å². The van der Waals surface area contributed by atoms with Crippen LogP contribution in [0.5, 0.6) is 5.75 Å². The van der Waals surface area contributed by atoms with Gasteiger partial charge in [0.2, 0.25) is 0 Å². The van der Waals surface area contributed by atoms with E-state index in [1.54, 1.807) is 0 Å². The maximum atomic E-state index is 6.39. The molecule has 1 fully saturated rings. The van der Waals surface area contributed by atoms with Crippen LogP contribution in [0.1, 0.15) is 36.8 Å². The third-order valence-corrected chi connectivity index (χ3v) is 6.40. The molecule has 0 unspecified atom stereocenters. The number of alkyl halides is 2. The maximum Gasteiger partial charge on any atom is 0.125 e. The van der Waals surface area contributed by atoms with Crippen LogP contribution in [0, 0.1) is 11.3 Å². The van der Waals surface area contributed by atoms with E-state index in [4.69, 9.17) is 39.5 Å². The molecular weight excluding hydrogens is 327 g/mol. The van der Waals surface area contributed by atoms with Crippen LogP contribution < -0.4 is 4.74 Å². The average Bonchev–Trinajstić information content (AvgIpc) is 3.15. The Labute approximate surface area is 141 Å². The van der Waals surface area contributed by atoms with Crippen molar-refractivity contribution < 1.29 is 4.74 Å². The summed E-state index contributed by atoms with van der Waals surface area (Å²) >= 11 is 19.1. The normalized spacial score (nSPS) is 18.8. The molecule has 1 heterocycles. The third kappa shape index (κ3) is 3.02. The second-order valence-electron chi connectivity index (χ2n) is 6.44. The molecule has 1 aliphatic carbocycles. The van der Waals surface area contributed by atoms with E-state index in [0.29, 0.717) is 17.7 Å². The number of benzene rings is 1. The van der Waals surface area contributed by atoms with E-state index in [2.05, 4.69) is 0 Å². The predicted octanol–water partition coefficient (Wildman–Crippen LogP) is 5.47. The first-order valence-electron chi connectivity index (χ1n) is 7.74. The van der Waals surface area contributed by atoms with Crippen molar-refractivity contribution in [3.63, 3.8) is 0 Å². The van der Waals surface area contributed by atoms with Gasteiger partial charge in [-0.05, 0) is 48.4 Å². The van der Waals surface area contributed by atoms with Crippen LogP contribution in [0.4, 0.5) is 0 Å². The monoisotopic (exact) mass is 346 g/mol. The number of ether oxygens (including phenoxy) is 1. The molecule has 0 bridgehead atoms. The van der Waals surface area contributed by atoms with Gasteiger partial charge in [-0.2, -0.15) is 0 Å². The maximum absolute atomic E-state index is 6.39. The van der Waals surface area contributed by atoms with Crippen LogP contribution in [0.3, 0.4) is 0 Å². The van der Waals surface area contributed by atoms with E-state index < -0.39 is 0 Å². The molecule has 3 rings (SSSR count). The Bertz CT molecular complexity index is 505. The summed E-state index contributed by atoms with van der Waals surface area (Å²) in [5, 5.41) is 0.790. The van der Waals surface area contributed by atoms with Gasteiger partial charge in [0.1, 0.15) is 5.75 Å². The van der Waals surface area contributed by atoms with Crippen molar-refractivity contribution in [1.82, 2.24) is 0 Å². The van der Waals surface area contributed by atoms with Gasteiger partial charge in [0.25, 0.3) is 0 Å². The Hall–Kier alpha value is -0.110. The Morgan fingerprint density at radius 3 is 2.52 bits per heavy atom. The standard InChI is InChI=1S/C17H21Cl3O/c18-10-17(11-19,14-3-1-2-4-14)9-13-8-15(20)7-12-5-6-21-16(12)13/h7-8,14H,1-6,9-11H2. The molecule has 0 N–H and O–H groups in total. The van der Waals surface area contributed by atoms with Crippen LogP contribution in [0.2, 0.25) is 5.02 Å². The Morgan fingerprint density at radius 1 is 1.14 bits per heavy atom. The average molecular weight is 348 g/mol. The number of hydrogen-bond acceptors (Lipinski definition) is 1. The lowest BCUT2D eigenvalue weighted by Gasteiger charge is -2.36. The summed E-state index contributed by atoms with van der Waals surface area (Å²) in [6, 6.07) is 4.06. The van der Waals surface area contributed by atoms with Crippen LogP contribution >= 0.6 is 34.8 Å². The molecule has 0 radical (unpaired) electrons. The fraction of sp³-hybridized carbons (Fsp3) is 0.647. The zero-order chi connectivity index (χ0) is 14.9. The molecule has 21 heavy (non-hydrogen) atoms. The highest BCUT2D eigenvalue weighted by molar-refractivity contribution is 6.30. The van der Waals surface area contributed by atoms with Gasteiger partial charge in [0.15, 0.2) is 0 Å². The van der Waals surface area contributed by atoms with E-state index in [1.807, 2.05) is 12.1 Å². The van der Waals surface area contributed by atoms with Crippen LogP contribution in [-0.4, -0.2) is 18.4 Å². The molecule has 1 aliphatic heterocycles. The number of halogens is 3. The fourth-order valence-electron chi connectivity index (χ4n) is 3.89. The lowest BCUT2D eigenvalue weighted by atomic mass is 9.73. The molecule has 0 amide bonds. The van der Waals surface area contributed by atoms with Crippen LogP contribution in [0.15, 0.2) is 12.1 Å². The highest BCUT2D eigenvalue weighted by Gasteiger charge is 2.40. The van der Waals surface area contributed by atoms with Crippen molar-refractivity contribution in [1.29, 1.82) is 0 Å². The highest BCUT2D eigenvalue weighted by atomic mass is 35.5. The minimum atomic E-state index is -0.0377. The van der Waals surface area contributed by atoms with Crippen LogP contribution in [-0.2, 0) is 12.8 Å². The summed E-state index contributed by atoms with van der Waals surface area (Å²) in [4.78, 5) is 0. The molecule has 2 aliphatic rings. The zero-order valence-corrected chi connectivity index (χ0v) is 14.4. The molecule has 0 aromatic heterocycles. The first kappa shape index (κ1) is 15.8. The molecule has 4 heteroatoms. The summed E-state index contributed by atoms with van der Waals surface area (Å²) in [6.45, 7) is 0.751. The van der Waals surface area contributed by atoms with Gasteiger partial charge in [-0.3, -0.25) is 0 Å². The Kier molecular flexibility index (Phi) is 4.93. The van der Waals surface area contributed by atoms with Crippen molar-refractivity contribution >= 4 is 34.8 Å². The molecule has 116 valence electrons. The van der Waals surface area contributed by atoms with Gasteiger partial charge in [-0.25, -0.2) is 0 Å². The van der Waals surface area contributed by atoms with E-state index in [-0.39, 0.29) is 5.41 Å². The van der Waals surface area contributed by atoms with Crippen molar-refractivity contribution in [3.8, 4) is 5.75 Å². The summed E-state index contributed by atoms with van der Waals surface area (Å²) in [5.74, 6) is 2.84. The summed E-state index contributed by atoms with van der Waals surface area (Å²) < 4.78 is 5.84. The van der Waals surface area contributed by atoms with Crippen molar-refractivity contribution in [2.24, 2.45) is 11.3 Å². The molecular formula is C17H21Cl3O. The highest BCUT2D eigenvalue weighted by Crippen LogP contribution is 2.46. The first-order chi connectivity index (χ1) is 10.2. The summed E-state index contributed by atoms with van der Waals surface area (Å²) in [6.07, 6.45) is 6.88. The van der Waals surface area contributed by atoms with Gasteiger partial charge >= 0.3 is 0 Å².